The molecule has 3 N–H and O–H groups in total. The number of rotatable bonds is 3. The molecule has 2 rings (SSSR count). The van der Waals surface area contributed by atoms with Crippen molar-refractivity contribution in [2.24, 2.45) is 0 Å². The largest absolute Gasteiger partial charge is 0.432 e. The summed E-state index contributed by atoms with van der Waals surface area (Å²) in [7, 11) is 0. The van der Waals surface area contributed by atoms with Gasteiger partial charge in [0.2, 0.25) is 0 Å². The number of alkyl halides is 1. The standard InChI is InChI=1S/C8H10ClN3O5/c9-5-6(14)4(2-13)17-7(5)3-1-10-8(11-3)12(15)16/h1,4-7,13-14H,2H2,(H,10,11)/t4-,5-,6-,7+/m1/s1. The van der Waals surface area contributed by atoms with Crippen LogP contribution in [0.4, 0.5) is 5.95 Å². The second-order valence-electron chi connectivity index (χ2n) is 3.63. The minimum absolute atomic E-state index is 0.298. The van der Waals surface area contributed by atoms with Crippen molar-refractivity contribution in [3.05, 3.63) is 22.0 Å². The lowest BCUT2D eigenvalue weighted by Crippen LogP contribution is -2.29. The highest BCUT2D eigenvalue weighted by atomic mass is 35.5. The third kappa shape index (κ3) is 2.12. The SMILES string of the molecule is O=[N+]([O-])c1ncc([C@@H]2O[C@H](CO)[C@@H](O)[C@H]2Cl)[nH]1. The van der Waals surface area contributed by atoms with Gasteiger partial charge in [-0.05, 0) is 4.92 Å². The summed E-state index contributed by atoms with van der Waals surface area (Å²) in [5, 5.41) is 28.2. The van der Waals surface area contributed by atoms with E-state index in [0.29, 0.717) is 5.69 Å². The summed E-state index contributed by atoms with van der Waals surface area (Å²) in [6, 6.07) is 0. The van der Waals surface area contributed by atoms with Gasteiger partial charge in [0.05, 0.1) is 12.0 Å². The van der Waals surface area contributed by atoms with Crippen LogP contribution in [0.1, 0.15) is 11.8 Å². The van der Waals surface area contributed by atoms with Crippen LogP contribution >= 0.6 is 11.6 Å². The number of nitrogens with one attached hydrogen (secondary N) is 1. The normalized spacial score (nSPS) is 32.9. The van der Waals surface area contributed by atoms with E-state index in [4.69, 9.17) is 21.4 Å². The van der Waals surface area contributed by atoms with Gasteiger partial charge in [0, 0.05) is 0 Å². The summed E-state index contributed by atoms with van der Waals surface area (Å²) in [5.74, 6) is -0.422. The second-order valence-corrected chi connectivity index (χ2v) is 4.14. The van der Waals surface area contributed by atoms with E-state index in [1.807, 2.05) is 0 Å². The Balaban J connectivity index is 2.19. The molecule has 2 heterocycles. The fourth-order valence-electron chi connectivity index (χ4n) is 1.69. The highest BCUT2D eigenvalue weighted by molar-refractivity contribution is 6.21. The molecule has 1 aromatic heterocycles. The Morgan fingerprint density at radius 1 is 1.71 bits per heavy atom. The van der Waals surface area contributed by atoms with Gasteiger partial charge in [-0.15, -0.1) is 11.6 Å². The Labute approximate surface area is 100 Å². The lowest BCUT2D eigenvalue weighted by Gasteiger charge is -2.09. The molecule has 17 heavy (non-hydrogen) atoms. The summed E-state index contributed by atoms with van der Waals surface area (Å²) >= 11 is 5.92. The summed E-state index contributed by atoms with van der Waals surface area (Å²) in [4.78, 5) is 15.7. The number of hydrogen-bond donors (Lipinski definition) is 3. The smallest absolute Gasteiger partial charge is 0.394 e. The van der Waals surface area contributed by atoms with Crippen LogP contribution in [0, 0.1) is 10.1 Å². The van der Waals surface area contributed by atoms with Crippen molar-refractivity contribution in [1.29, 1.82) is 0 Å². The number of imidazole rings is 1. The molecule has 0 bridgehead atoms. The number of H-pyrrole nitrogens is 1. The molecule has 0 saturated carbocycles. The minimum atomic E-state index is -1.03. The lowest BCUT2D eigenvalue weighted by molar-refractivity contribution is -0.393. The van der Waals surface area contributed by atoms with Gasteiger partial charge < -0.3 is 25.1 Å². The van der Waals surface area contributed by atoms with Gasteiger partial charge >= 0.3 is 5.95 Å². The highest BCUT2D eigenvalue weighted by Crippen LogP contribution is 2.36. The number of hydrogen-bond acceptors (Lipinski definition) is 6. The number of nitro groups is 1. The Kier molecular flexibility index (Phi) is 3.29. The van der Waals surface area contributed by atoms with Crippen molar-refractivity contribution in [3.8, 4) is 0 Å². The van der Waals surface area contributed by atoms with Crippen molar-refractivity contribution in [2.45, 2.75) is 23.7 Å². The fourth-order valence-corrected chi connectivity index (χ4v) is 2.04. The number of aliphatic hydroxyl groups is 2. The molecule has 1 aliphatic rings. The molecular formula is C8H10ClN3O5. The van der Waals surface area contributed by atoms with Crippen molar-refractivity contribution in [2.75, 3.05) is 6.61 Å². The zero-order chi connectivity index (χ0) is 12.6. The third-order valence-electron chi connectivity index (χ3n) is 2.56. The summed E-state index contributed by atoms with van der Waals surface area (Å²) in [5.41, 5.74) is 0.298. The van der Waals surface area contributed by atoms with Crippen LogP contribution in [0.5, 0.6) is 0 Å². The summed E-state index contributed by atoms with van der Waals surface area (Å²) in [6.45, 7) is -0.378. The summed E-state index contributed by atoms with van der Waals surface area (Å²) < 4.78 is 5.29. The molecule has 0 aliphatic carbocycles. The van der Waals surface area contributed by atoms with E-state index in [1.54, 1.807) is 0 Å². The first-order chi connectivity index (χ1) is 8.04. The molecule has 0 radical (unpaired) electrons. The first kappa shape index (κ1) is 12.2. The number of aromatic amines is 1. The van der Waals surface area contributed by atoms with E-state index in [-0.39, 0.29) is 6.61 Å². The first-order valence-corrected chi connectivity index (χ1v) is 5.26. The van der Waals surface area contributed by atoms with Crippen LogP contribution in [-0.4, -0.2) is 49.3 Å². The van der Waals surface area contributed by atoms with E-state index in [0.717, 1.165) is 0 Å². The van der Waals surface area contributed by atoms with Gasteiger partial charge in [-0.25, -0.2) is 4.98 Å². The van der Waals surface area contributed by atoms with E-state index < -0.39 is 34.6 Å². The zero-order valence-corrected chi connectivity index (χ0v) is 9.24. The summed E-state index contributed by atoms with van der Waals surface area (Å²) in [6.07, 6.45) is -1.37. The predicted molar refractivity (Wildman–Crippen MR) is 55.6 cm³/mol. The number of halogens is 1. The van der Waals surface area contributed by atoms with E-state index >= 15 is 0 Å². The Morgan fingerprint density at radius 3 is 2.88 bits per heavy atom. The number of aliphatic hydroxyl groups excluding tert-OH is 2. The Morgan fingerprint density at radius 2 is 2.41 bits per heavy atom. The molecule has 0 amide bonds. The molecule has 1 saturated heterocycles. The van der Waals surface area contributed by atoms with Gasteiger partial charge in [0.25, 0.3) is 0 Å². The molecule has 94 valence electrons. The maximum atomic E-state index is 10.4. The molecule has 0 spiro atoms. The number of nitrogens with zero attached hydrogens (tertiary/aromatic N) is 2. The van der Waals surface area contributed by atoms with Gasteiger partial charge in [-0.3, -0.25) is 0 Å². The number of aromatic nitrogens is 2. The molecule has 8 nitrogen and oxygen atoms in total. The maximum Gasteiger partial charge on any atom is 0.432 e. The van der Waals surface area contributed by atoms with Gasteiger partial charge in [0.15, 0.2) is 0 Å². The molecule has 1 aliphatic heterocycles. The van der Waals surface area contributed by atoms with E-state index in [9.17, 15) is 15.2 Å². The molecule has 1 aromatic rings. The quantitative estimate of drug-likeness (QED) is 0.392. The van der Waals surface area contributed by atoms with Crippen molar-refractivity contribution >= 4 is 17.5 Å². The first-order valence-electron chi connectivity index (χ1n) is 4.82. The third-order valence-corrected chi connectivity index (χ3v) is 3.05. The monoisotopic (exact) mass is 263 g/mol. The average Bonchev–Trinajstić information content (AvgIpc) is 2.87. The molecule has 4 atom stereocenters. The lowest BCUT2D eigenvalue weighted by atomic mass is 10.1. The molecule has 1 fully saturated rings. The topological polar surface area (TPSA) is 122 Å². The molecule has 9 heteroatoms. The van der Waals surface area contributed by atoms with Crippen LogP contribution in [0.25, 0.3) is 0 Å². The predicted octanol–water partition coefficient (Wildman–Crippen LogP) is -0.282. The molecular weight excluding hydrogens is 254 g/mol. The number of ether oxygens (including phenoxy) is 1. The zero-order valence-electron chi connectivity index (χ0n) is 8.49. The second kappa shape index (κ2) is 4.57. The average molecular weight is 264 g/mol. The van der Waals surface area contributed by atoms with E-state index in [2.05, 4.69) is 9.97 Å². The Bertz CT molecular complexity index is 425. The minimum Gasteiger partial charge on any atom is -0.394 e. The van der Waals surface area contributed by atoms with Crippen molar-refractivity contribution < 1.29 is 19.9 Å². The molecule has 0 aromatic carbocycles. The van der Waals surface area contributed by atoms with Gasteiger partial charge in [-0.2, -0.15) is 0 Å². The van der Waals surface area contributed by atoms with Crippen LogP contribution in [0.2, 0.25) is 0 Å². The van der Waals surface area contributed by atoms with Crippen LogP contribution in [0.3, 0.4) is 0 Å². The van der Waals surface area contributed by atoms with Gasteiger partial charge in [0.1, 0.15) is 30.2 Å². The maximum absolute atomic E-state index is 10.4. The van der Waals surface area contributed by atoms with Gasteiger partial charge in [-0.1, -0.05) is 4.98 Å². The fraction of sp³-hybridized carbons (Fsp3) is 0.625. The van der Waals surface area contributed by atoms with Crippen LogP contribution in [0.15, 0.2) is 6.20 Å². The van der Waals surface area contributed by atoms with Crippen molar-refractivity contribution in [1.82, 2.24) is 9.97 Å². The van der Waals surface area contributed by atoms with E-state index in [1.165, 1.54) is 6.20 Å². The highest BCUT2D eigenvalue weighted by Gasteiger charge is 2.45. The molecule has 0 unspecified atom stereocenters. The van der Waals surface area contributed by atoms with Crippen LogP contribution in [-0.2, 0) is 4.74 Å². The van der Waals surface area contributed by atoms with Crippen molar-refractivity contribution in [3.63, 3.8) is 0 Å². The van der Waals surface area contributed by atoms with Crippen LogP contribution < -0.4 is 0 Å². The Hall–Kier alpha value is -1.22.